The first-order valence-electron chi connectivity index (χ1n) is 6.74. The van der Waals surface area contributed by atoms with Gasteiger partial charge in [0, 0.05) is 23.3 Å². The van der Waals surface area contributed by atoms with Crippen LogP contribution in [0.5, 0.6) is 0 Å². The van der Waals surface area contributed by atoms with Crippen molar-refractivity contribution in [3.63, 3.8) is 0 Å². The zero-order valence-corrected chi connectivity index (χ0v) is 12.5. The third kappa shape index (κ3) is 4.20. The van der Waals surface area contributed by atoms with E-state index >= 15 is 0 Å². The molecule has 5 heteroatoms. The fourth-order valence-electron chi connectivity index (χ4n) is 1.71. The van der Waals surface area contributed by atoms with Gasteiger partial charge < -0.3 is 5.32 Å². The lowest BCUT2D eigenvalue weighted by Gasteiger charge is -2.23. The number of halogens is 2. The molecule has 1 amide bonds. The van der Waals surface area contributed by atoms with Crippen molar-refractivity contribution in [2.45, 2.75) is 31.6 Å². The molecule has 1 saturated carbocycles. The number of hydrogen-bond donors (Lipinski definition) is 1. The van der Waals surface area contributed by atoms with Crippen LogP contribution in [0, 0.1) is 23.0 Å². The number of benzene rings is 1. The van der Waals surface area contributed by atoms with E-state index in [1.165, 1.54) is 36.7 Å². The van der Waals surface area contributed by atoms with Gasteiger partial charge in [0.05, 0.1) is 5.41 Å². The number of rotatable bonds is 6. The first-order valence-corrected chi connectivity index (χ1v) is 7.73. The Morgan fingerprint density at radius 3 is 2.70 bits per heavy atom. The molecule has 1 aromatic carbocycles. The maximum atomic E-state index is 13.5. The summed E-state index contributed by atoms with van der Waals surface area (Å²) in [6.07, 6.45) is 2.38. The van der Waals surface area contributed by atoms with Gasteiger partial charge in [0.2, 0.25) is 5.91 Å². The molecule has 1 aliphatic carbocycles. The first kappa shape index (κ1) is 15.3. The van der Waals surface area contributed by atoms with Crippen LogP contribution in [0.15, 0.2) is 23.1 Å². The average Bonchev–Trinajstić information content (AvgIpc) is 3.18. The molecule has 1 N–H and O–H groups in total. The van der Waals surface area contributed by atoms with Crippen molar-refractivity contribution in [2.24, 2.45) is 11.3 Å². The second-order valence-electron chi connectivity index (χ2n) is 5.90. The van der Waals surface area contributed by atoms with Crippen LogP contribution in [0.1, 0.15) is 26.7 Å². The number of carbonyl (C=O) groups excluding carboxylic acids is 1. The predicted molar refractivity (Wildman–Crippen MR) is 76.6 cm³/mol. The van der Waals surface area contributed by atoms with E-state index in [0.717, 1.165) is 12.6 Å². The van der Waals surface area contributed by atoms with Gasteiger partial charge in [-0.3, -0.25) is 4.79 Å². The third-order valence-corrected chi connectivity index (χ3v) is 4.85. The summed E-state index contributed by atoms with van der Waals surface area (Å²) in [7, 11) is 0. The molecule has 2 rings (SSSR count). The highest BCUT2D eigenvalue weighted by Crippen LogP contribution is 2.31. The molecular weight excluding hydrogens is 280 g/mol. The Balaban J connectivity index is 1.88. The number of hydrogen-bond acceptors (Lipinski definition) is 2. The number of carbonyl (C=O) groups is 1. The van der Waals surface area contributed by atoms with E-state index in [9.17, 15) is 13.6 Å². The van der Waals surface area contributed by atoms with Gasteiger partial charge in [0.25, 0.3) is 0 Å². The SMILES string of the molecule is CC(C)(CSc1ccc(F)cc1F)C(=O)NCC1CC1. The van der Waals surface area contributed by atoms with Gasteiger partial charge in [-0.25, -0.2) is 8.78 Å². The maximum absolute atomic E-state index is 13.5. The Morgan fingerprint density at radius 1 is 1.40 bits per heavy atom. The third-order valence-electron chi connectivity index (χ3n) is 3.35. The van der Waals surface area contributed by atoms with E-state index in [0.29, 0.717) is 16.6 Å². The van der Waals surface area contributed by atoms with Crippen LogP contribution in [-0.4, -0.2) is 18.2 Å². The summed E-state index contributed by atoms with van der Waals surface area (Å²) in [6.45, 7) is 4.41. The number of thioether (sulfide) groups is 1. The summed E-state index contributed by atoms with van der Waals surface area (Å²) < 4.78 is 26.3. The van der Waals surface area contributed by atoms with E-state index in [1.54, 1.807) is 0 Å². The van der Waals surface area contributed by atoms with Crippen molar-refractivity contribution in [3.8, 4) is 0 Å². The van der Waals surface area contributed by atoms with Gasteiger partial charge in [-0.15, -0.1) is 11.8 Å². The summed E-state index contributed by atoms with van der Waals surface area (Å²) in [5.41, 5.74) is -0.583. The Morgan fingerprint density at radius 2 is 2.10 bits per heavy atom. The molecule has 20 heavy (non-hydrogen) atoms. The monoisotopic (exact) mass is 299 g/mol. The van der Waals surface area contributed by atoms with Crippen molar-refractivity contribution in [1.82, 2.24) is 5.32 Å². The molecule has 1 fully saturated rings. The van der Waals surface area contributed by atoms with Crippen LogP contribution < -0.4 is 5.32 Å². The van der Waals surface area contributed by atoms with Crippen molar-refractivity contribution in [1.29, 1.82) is 0 Å². The van der Waals surface area contributed by atoms with Crippen molar-refractivity contribution in [3.05, 3.63) is 29.8 Å². The molecule has 1 aromatic rings. The van der Waals surface area contributed by atoms with Gasteiger partial charge >= 0.3 is 0 Å². The van der Waals surface area contributed by atoms with Gasteiger partial charge in [-0.2, -0.15) is 0 Å². The molecule has 0 radical (unpaired) electrons. The highest BCUT2D eigenvalue weighted by atomic mass is 32.2. The van der Waals surface area contributed by atoms with E-state index < -0.39 is 17.0 Å². The second-order valence-corrected chi connectivity index (χ2v) is 6.92. The minimum atomic E-state index is -0.590. The minimum Gasteiger partial charge on any atom is -0.355 e. The fraction of sp³-hybridized carbons (Fsp3) is 0.533. The summed E-state index contributed by atoms with van der Waals surface area (Å²) in [4.78, 5) is 12.4. The highest BCUT2D eigenvalue weighted by Gasteiger charge is 2.30. The normalized spacial score (nSPS) is 15.2. The van der Waals surface area contributed by atoms with Crippen LogP contribution in [-0.2, 0) is 4.79 Å². The number of nitrogens with one attached hydrogen (secondary N) is 1. The minimum absolute atomic E-state index is 0.0144. The summed E-state index contributed by atoms with van der Waals surface area (Å²) in [6, 6.07) is 3.50. The molecule has 0 atom stereocenters. The fourth-order valence-corrected chi connectivity index (χ4v) is 2.72. The summed E-state index contributed by atoms with van der Waals surface area (Å²) in [5.74, 6) is -0.0969. The molecule has 0 spiro atoms. The molecule has 2 nitrogen and oxygen atoms in total. The summed E-state index contributed by atoms with van der Waals surface area (Å²) >= 11 is 1.24. The summed E-state index contributed by atoms with van der Waals surface area (Å²) in [5, 5.41) is 2.94. The van der Waals surface area contributed by atoms with Crippen LogP contribution in [0.25, 0.3) is 0 Å². The quantitative estimate of drug-likeness (QED) is 0.813. The highest BCUT2D eigenvalue weighted by molar-refractivity contribution is 7.99. The van der Waals surface area contributed by atoms with E-state index in [-0.39, 0.29) is 5.91 Å². The topological polar surface area (TPSA) is 29.1 Å². The van der Waals surface area contributed by atoms with E-state index in [1.807, 2.05) is 13.8 Å². The molecule has 110 valence electrons. The van der Waals surface area contributed by atoms with Gasteiger partial charge in [0.15, 0.2) is 0 Å². The van der Waals surface area contributed by atoms with Crippen LogP contribution in [0.3, 0.4) is 0 Å². The van der Waals surface area contributed by atoms with Gasteiger partial charge in [-0.05, 0) is 30.9 Å². The second kappa shape index (κ2) is 6.12. The lowest BCUT2D eigenvalue weighted by atomic mass is 9.95. The van der Waals surface area contributed by atoms with Crippen LogP contribution >= 0.6 is 11.8 Å². The molecule has 0 bridgehead atoms. The molecule has 0 heterocycles. The van der Waals surface area contributed by atoms with Crippen molar-refractivity contribution in [2.75, 3.05) is 12.3 Å². The van der Waals surface area contributed by atoms with Crippen LogP contribution in [0.4, 0.5) is 8.78 Å². The smallest absolute Gasteiger partial charge is 0.226 e. The lowest BCUT2D eigenvalue weighted by Crippen LogP contribution is -2.39. The molecule has 0 unspecified atom stereocenters. The van der Waals surface area contributed by atoms with Crippen LogP contribution in [0.2, 0.25) is 0 Å². The zero-order valence-electron chi connectivity index (χ0n) is 11.7. The molecule has 0 saturated heterocycles. The molecular formula is C15H19F2NOS. The Bertz CT molecular complexity index is 501. The van der Waals surface area contributed by atoms with E-state index in [4.69, 9.17) is 0 Å². The average molecular weight is 299 g/mol. The zero-order chi connectivity index (χ0) is 14.8. The predicted octanol–water partition coefficient (Wildman–Crippen LogP) is 3.61. The molecule has 0 aromatic heterocycles. The first-order chi connectivity index (χ1) is 9.38. The standard InChI is InChI=1S/C15H19F2NOS/c1-15(2,14(19)18-8-10-3-4-10)9-20-13-6-5-11(16)7-12(13)17/h5-7,10H,3-4,8-9H2,1-2H3,(H,18,19). The Labute approximate surface area is 122 Å². The Kier molecular flexibility index (Phi) is 4.68. The maximum Gasteiger partial charge on any atom is 0.226 e. The van der Waals surface area contributed by atoms with E-state index in [2.05, 4.69) is 5.32 Å². The molecule has 0 aliphatic heterocycles. The van der Waals surface area contributed by atoms with Crippen molar-refractivity contribution >= 4 is 17.7 Å². The van der Waals surface area contributed by atoms with Crippen molar-refractivity contribution < 1.29 is 13.6 Å². The van der Waals surface area contributed by atoms with Gasteiger partial charge in [0.1, 0.15) is 11.6 Å². The number of amides is 1. The lowest BCUT2D eigenvalue weighted by molar-refractivity contribution is -0.128. The largest absolute Gasteiger partial charge is 0.355 e. The molecule has 1 aliphatic rings. The Hall–Kier alpha value is -1.10. The van der Waals surface area contributed by atoms with Gasteiger partial charge in [-0.1, -0.05) is 13.8 Å².